The molecule has 1 aliphatic carbocycles. The Hall–Kier alpha value is -2.77. The summed E-state index contributed by atoms with van der Waals surface area (Å²) in [5.41, 5.74) is 7.12. The number of hydrogen-bond acceptors (Lipinski definition) is 4. The molecule has 1 fully saturated rings. The number of carbonyl (C=O) groups is 1. The zero-order chi connectivity index (χ0) is 18.2. The predicted octanol–water partition coefficient (Wildman–Crippen LogP) is 2.83. The number of aromatic nitrogens is 2. The van der Waals surface area contributed by atoms with Crippen LogP contribution in [0.25, 0.3) is 0 Å². The standard InChI is InChI=1S/C17H18F2N4O2/c1-10-3-5-11(6-4-10)17(7-8-17)16(20)22-25-15(24)12-9-13(14(18)19)23(2)21-12/h3-6,9,14H,7-8H2,1-2H3,(H2,20,22). The van der Waals surface area contributed by atoms with Crippen LogP contribution < -0.4 is 5.73 Å². The highest BCUT2D eigenvalue weighted by molar-refractivity contribution is 5.95. The molecule has 132 valence electrons. The third-order valence-electron chi connectivity index (χ3n) is 4.42. The van der Waals surface area contributed by atoms with Crippen LogP contribution in [0.2, 0.25) is 0 Å². The van der Waals surface area contributed by atoms with Crippen LogP contribution in [0.4, 0.5) is 8.78 Å². The van der Waals surface area contributed by atoms with Crippen molar-refractivity contribution < 1.29 is 18.4 Å². The minimum absolute atomic E-state index is 0.190. The van der Waals surface area contributed by atoms with Crippen LogP contribution in [0.15, 0.2) is 35.5 Å². The van der Waals surface area contributed by atoms with Crippen molar-refractivity contribution in [3.8, 4) is 0 Å². The lowest BCUT2D eigenvalue weighted by Gasteiger charge is -2.14. The second-order valence-corrected chi connectivity index (χ2v) is 6.18. The molecule has 1 heterocycles. The van der Waals surface area contributed by atoms with Gasteiger partial charge in [0.25, 0.3) is 6.43 Å². The minimum Gasteiger partial charge on any atom is -0.384 e. The molecule has 0 bridgehead atoms. The lowest BCUT2D eigenvalue weighted by atomic mass is 9.94. The van der Waals surface area contributed by atoms with Gasteiger partial charge in [0.15, 0.2) is 11.5 Å². The largest absolute Gasteiger partial charge is 0.385 e. The highest BCUT2D eigenvalue weighted by Gasteiger charge is 2.48. The molecule has 2 aromatic rings. The van der Waals surface area contributed by atoms with Crippen molar-refractivity contribution in [1.82, 2.24) is 9.78 Å². The number of nitrogens with zero attached hydrogens (tertiary/aromatic N) is 3. The lowest BCUT2D eigenvalue weighted by Crippen LogP contribution is -2.29. The van der Waals surface area contributed by atoms with E-state index >= 15 is 0 Å². The fourth-order valence-corrected chi connectivity index (χ4v) is 2.70. The number of nitrogens with two attached hydrogens (primary N) is 1. The van der Waals surface area contributed by atoms with Gasteiger partial charge in [-0.05, 0) is 25.3 Å². The van der Waals surface area contributed by atoms with E-state index in [0.717, 1.165) is 34.7 Å². The summed E-state index contributed by atoms with van der Waals surface area (Å²) in [6.45, 7) is 1.99. The fraction of sp³-hybridized carbons (Fsp3) is 0.353. The number of aryl methyl sites for hydroxylation is 2. The molecule has 25 heavy (non-hydrogen) atoms. The van der Waals surface area contributed by atoms with E-state index in [2.05, 4.69) is 10.3 Å². The number of alkyl halides is 2. The topological polar surface area (TPSA) is 82.5 Å². The average molecular weight is 348 g/mol. The molecule has 1 aliphatic rings. The zero-order valence-electron chi connectivity index (χ0n) is 13.9. The molecular formula is C17H18F2N4O2. The van der Waals surface area contributed by atoms with Gasteiger partial charge < -0.3 is 10.6 Å². The third-order valence-corrected chi connectivity index (χ3v) is 4.42. The average Bonchev–Trinajstić information content (AvgIpc) is 3.29. The smallest absolute Gasteiger partial charge is 0.384 e. The molecule has 6 nitrogen and oxygen atoms in total. The minimum atomic E-state index is -2.73. The summed E-state index contributed by atoms with van der Waals surface area (Å²) in [6.07, 6.45) is -1.12. The summed E-state index contributed by atoms with van der Waals surface area (Å²) in [4.78, 5) is 16.8. The van der Waals surface area contributed by atoms with E-state index in [1.807, 2.05) is 31.2 Å². The van der Waals surface area contributed by atoms with Crippen molar-refractivity contribution in [2.24, 2.45) is 17.9 Å². The van der Waals surface area contributed by atoms with Gasteiger partial charge in [0.1, 0.15) is 5.69 Å². The molecule has 0 radical (unpaired) electrons. The SMILES string of the molecule is Cc1ccc(C2(/C(N)=N/OC(=O)c3cc(C(F)F)n(C)n3)CC2)cc1. The van der Waals surface area contributed by atoms with Gasteiger partial charge in [-0.25, -0.2) is 13.6 Å². The van der Waals surface area contributed by atoms with Crippen molar-refractivity contribution in [3.63, 3.8) is 0 Å². The molecule has 1 aromatic heterocycles. The molecule has 2 N–H and O–H groups in total. The van der Waals surface area contributed by atoms with Gasteiger partial charge in [0, 0.05) is 13.1 Å². The van der Waals surface area contributed by atoms with E-state index in [4.69, 9.17) is 10.6 Å². The number of hydrogen-bond donors (Lipinski definition) is 1. The number of carbonyl (C=O) groups excluding carboxylic acids is 1. The maximum absolute atomic E-state index is 12.7. The first-order valence-corrected chi connectivity index (χ1v) is 7.78. The molecule has 0 saturated heterocycles. The Balaban J connectivity index is 1.74. The summed E-state index contributed by atoms with van der Waals surface area (Å²) < 4.78 is 26.4. The van der Waals surface area contributed by atoms with E-state index in [1.54, 1.807) is 0 Å². The van der Waals surface area contributed by atoms with Crippen LogP contribution >= 0.6 is 0 Å². The summed E-state index contributed by atoms with van der Waals surface area (Å²) in [7, 11) is 1.33. The number of rotatable bonds is 5. The normalized spacial score (nSPS) is 16.1. The molecule has 1 aromatic carbocycles. The first kappa shape index (κ1) is 17.1. The van der Waals surface area contributed by atoms with Crippen molar-refractivity contribution in [2.45, 2.75) is 31.6 Å². The Morgan fingerprint density at radius 1 is 1.36 bits per heavy atom. The van der Waals surface area contributed by atoms with Gasteiger partial charge >= 0.3 is 5.97 Å². The van der Waals surface area contributed by atoms with E-state index < -0.39 is 17.8 Å². The number of benzene rings is 1. The van der Waals surface area contributed by atoms with Gasteiger partial charge in [-0.15, -0.1) is 0 Å². The Morgan fingerprint density at radius 3 is 2.52 bits per heavy atom. The Morgan fingerprint density at radius 2 is 2.00 bits per heavy atom. The quantitative estimate of drug-likeness (QED) is 0.390. The van der Waals surface area contributed by atoms with Gasteiger partial charge in [0.2, 0.25) is 0 Å². The molecule has 8 heteroatoms. The maximum atomic E-state index is 12.7. The Bertz CT molecular complexity index is 824. The maximum Gasteiger partial charge on any atom is 0.385 e. The van der Waals surface area contributed by atoms with Crippen LogP contribution in [0.5, 0.6) is 0 Å². The highest BCUT2D eigenvalue weighted by Crippen LogP contribution is 2.48. The first-order valence-electron chi connectivity index (χ1n) is 7.78. The van der Waals surface area contributed by atoms with Crippen molar-refractivity contribution >= 4 is 11.8 Å². The van der Waals surface area contributed by atoms with Crippen LogP contribution in [0.1, 0.15) is 46.6 Å². The predicted molar refractivity (Wildman–Crippen MR) is 87.3 cm³/mol. The summed E-state index contributed by atoms with van der Waals surface area (Å²) in [5.74, 6) is -0.736. The number of oxime groups is 1. The van der Waals surface area contributed by atoms with Crippen molar-refractivity contribution in [3.05, 3.63) is 52.8 Å². The Kier molecular flexibility index (Phi) is 4.28. The van der Waals surface area contributed by atoms with E-state index in [9.17, 15) is 13.6 Å². The highest BCUT2D eigenvalue weighted by atomic mass is 19.3. The summed E-state index contributed by atoms with van der Waals surface area (Å²) in [6, 6.07) is 8.88. The van der Waals surface area contributed by atoms with Crippen LogP contribution in [0, 0.1) is 6.92 Å². The first-order chi connectivity index (χ1) is 11.8. The molecule has 0 amide bonds. The summed E-state index contributed by atoms with van der Waals surface area (Å²) >= 11 is 0. The molecule has 1 saturated carbocycles. The van der Waals surface area contributed by atoms with E-state index in [1.165, 1.54) is 7.05 Å². The second kappa shape index (κ2) is 6.27. The van der Waals surface area contributed by atoms with Crippen molar-refractivity contribution in [2.75, 3.05) is 0 Å². The second-order valence-electron chi connectivity index (χ2n) is 6.18. The summed E-state index contributed by atoms with van der Waals surface area (Å²) in [5, 5.41) is 7.43. The van der Waals surface area contributed by atoms with Crippen LogP contribution in [0.3, 0.4) is 0 Å². The number of halogens is 2. The van der Waals surface area contributed by atoms with Crippen LogP contribution in [-0.2, 0) is 17.3 Å². The molecule has 0 aliphatic heterocycles. The van der Waals surface area contributed by atoms with Gasteiger partial charge in [-0.2, -0.15) is 5.10 Å². The monoisotopic (exact) mass is 348 g/mol. The lowest BCUT2D eigenvalue weighted by molar-refractivity contribution is 0.0506. The Labute approximate surface area is 143 Å². The van der Waals surface area contributed by atoms with Gasteiger partial charge in [0.05, 0.1) is 5.41 Å². The van der Waals surface area contributed by atoms with Crippen LogP contribution in [-0.4, -0.2) is 21.6 Å². The zero-order valence-corrected chi connectivity index (χ0v) is 13.9. The third kappa shape index (κ3) is 3.24. The van der Waals surface area contributed by atoms with E-state index in [-0.39, 0.29) is 17.2 Å². The molecule has 0 atom stereocenters. The number of amidine groups is 1. The molecular weight excluding hydrogens is 330 g/mol. The van der Waals surface area contributed by atoms with Gasteiger partial charge in [-0.3, -0.25) is 4.68 Å². The van der Waals surface area contributed by atoms with Gasteiger partial charge in [-0.1, -0.05) is 35.0 Å². The van der Waals surface area contributed by atoms with Crippen molar-refractivity contribution in [1.29, 1.82) is 0 Å². The van der Waals surface area contributed by atoms with E-state index in [0.29, 0.717) is 0 Å². The fourth-order valence-electron chi connectivity index (χ4n) is 2.70. The molecule has 3 rings (SSSR count). The molecule has 0 unspecified atom stereocenters. The molecule has 0 spiro atoms.